The molecule has 6 nitrogen and oxygen atoms in total. The van der Waals surface area contributed by atoms with Gasteiger partial charge in [-0.05, 0) is 66.9 Å². The largest absolute Gasteiger partial charge is 0.339 e. The molecule has 0 spiro atoms. The van der Waals surface area contributed by atoms with Crippen molar-refractivity contribution < 1.29 is 9.59 Å². The molecule has 6 heteroatoms. The average Bonchev–Trinajstić information content (AvgIpc) is 3.09. The monoisotopic (exact) mass is 346 g/mol. The fourth-order valence-electron chi connectivity index (χ4n) is 3.43. The van der Waals surface area contributed by atoms with Crippen molar-refractivity contribution in [2.24, 2.45) is 0 Å². The highest BCUT2D eigenvalue weighted by atomic mass is 16.2. The molecule has 3 rings (SSSR count). The number of likely N-dealkylation sites (tertiary alicyclic amines) is 1. The van der Waals surface area contributed by atoms with Crippen LogP contribution in [0.4, 0.5) is 0 Å². The minimum Gasteiger partial charge on any atom is -0.339 e. The van der Waals surface area contributed by atoms with Crippen LogP contribution in [0, 0.1) is 0 Å². The molecule has 1 N–H and O–H groups in total. The lowest BCUT2D eigenvalue weighted by Gasteiger charge is -2.32. The van der Waals surface area contributed by atoms with E-state index in [-0.39, 0.29) is 22.9 Å². The van der Waals surface area contributed by atoms with E-state index >= 15 is 0 Å². The van der Waals surface area contributed by atoms with Gasteiger partial charge in [-0.2, -0.15) is 5.10 Å². The molecule has 1 aromatic heterocycles. The van der Waals surface area contributed by atoms with Crippen molar-refractivity contribution in [2.45, 2.75) is 83.8 Å². The number of rotatable bonds is 3. The number of nitrogens with zero attached hydrogens (tertiary/aromatic N) is 3. The SMILES string of the molecule is CC(C)(C)N1CCC(NC(=O)c2cc(C3CC3)n(C(C)(C)C)n2)C1=O. The van der Waals surface area contributed by atoms with Gasteiger partial charge in [-0.25, -0.2) is 0 Å². The molecular formula is C19H30N4O2. The third-order valence-corrected chi connectivity index (χ3v) is 4.92. The Kier molecular flexibility index (Phi) is 4.20. The Bertz CT molecular complexity index is 689. The summed E-state index contributed by atoms with van der Waals surface area (Å²) >= 11 is 0. The van der Waals surface area contributed by atoms with E-state index in [0.29, 0.717) is 24.6 Å². The van der Waals surface area contributed by atoms with Crippen LogP contribution in [0.5, 0.6) is 0 Å². The highest BCUT2D eigenvalue weighted by Crippen LogP contribution is 2.41. The summed E-state index contributed by atoms with van der Waals surface area (Å²) < 4.78 is 1.97. The number of nitrogens with one attached hydrogen (secondary N) is 1. The molecule has 2 heterocycles. The quantitative estimate of drug-likeness (QED) is 0.915. The van der Waals surface area contributed by atoms with Crippen molar-refractivity contribution in [3.05, 3.63) is 17.5 Å². The van der Waals surface area contributed by atoms with Crippen LogP contribution in [0.25, 0.3) is 0 Å². The minimum atomic E-state index is -0.448. The summed E-state index contributed by atoms with van der Waals surface area (Å²) in [5, 5.41) is 7.45. The molecule has 0 radical (unpaired) electrons. The maximum atomic E-state index is 12.7. The molecule has 2 amide bonds. The molecule has 1 aromatic rings. The van der Waals surface area contributed by atoms with Gasteiger partial charge in [0.05, 0.1) is 5.54 Å². The zero-order chi connectivity index (χ0) is 18.6. The summed E-state index contributed by atoms with van der Waals surface area (Å²) in [5.74, 6) is 0.260. The maximum Gasteiger partial charge on any atom is 0.272 e. The molecule has 1 unspecified atom stereocenters. The molecule has 2 fully saturated rings. The third kappa shape index (κ3) is 3.58. The van der Waals surface area contributed by atoms with Crippen LogP contribution in [0.2, 0.25) is 0 Å². The third-order valence-electron chi connectivity index (χ3n) is 4.92. The van der Waals surface area contributed by atoms with Crippen LogP contribution in [-0.2, 0) is 10.3 Å². The number of amides is 2. The van der Waals surface area contributed by atoms with E-state index < -0.39 is 6.04 Å². The van der Waals surface area contributed by atoms with E-state index in [1.165, 1.54) is 0 Å². The molecule has 1 saturated heterocycles. The van der Waals surface area contributed by atoms with Gasteiger partial charge in [0.1, 0.15) is 11.7 Å². The van der Waals surface area contributed by atoms with Crippen LogP contribution in [0.1, 0.15) is 82.9 Å². The van der Waals surface area contributed by atoms with Crippen molar-refractivity contribution in [1.29, 1.82) is 0 Å². The normalized spacial score (nSPS) is 21.8. The van der Waals surface area contributed by atoms with Gasteiger partial charge >= 0.3 is 0 Å². The first-order chi connectivity index (χ1) is 11.5. The fourth-order valence-corrected chi connectivity index (χ4v) is 3.43. The second-order valence-corrected chi connectivity index (χ2v) is 9.29. The Hall–Kier alpha value is -1.85. The van der Waals surface area contributed by atoms with E-state index in [1.807, 2.05) is 36.4 Å². The molecule has 2 aliphatic rings. The second-order valence-electron chi connectivity index (χ2n) is 9.29. The van der Waals surface area contributed by atoms with E-state index in [9.17, 15) is 9.59 Å². The van der Waals surface area contributed by atoms with Gasteiger partial charge in [0.2, 0.25) is 5.91 Å². The molecule has 1 saturated carbocycles. The topological polar surface area (TPSA) is 67.2 Å². The zero-order valence-electron chi connectivity index (χ0n) is 16.2. The number of aromatic nitrogens is 2. The number of carbonyl (C=O) groups excluding carboxylic acids is 2. The molecule has 1 atom stereocenters. The molecule has 25 heavy (non-hydrogen) atoms. The van der Waals surface area contributed by atoms with Crippen LogP contribution in [0.15, 0.2) is 6.07 Å². The van der Waals surface area contributed by atoms with Crippen LogP contribution in [-0.4, -0.2) is 44.6 Å². The first kappa shape index (κ1) is 18.0. The van der Waals surface area contributed by atoms with E-state index in [4.69, 9.17) is 0 Å². The lowest BCUT2D eigenvalue weighted by molar-refractivity contribution is -0.133. The predicted molar refractivity (Wildman–Crippen MR) is 96.5 cm³/mol. The second kappa shape index (κ2) is 5.85. The van der Waals surface area contributed by atoms with E-state index in [1.54, 1.807) is 0 Å². The molecule has 0 bridgehead atoms. The van der Waals surface area contributed by atoms with Crippen molar-refractivity contribution >= 4 is 11.8 Å². The van der Waals surface area contributed by atoms with Gasteiger partial charge in [-0.15, -0.1) is 0 Å². The van der Waals surface area contributed by atoms with Crippen LogP contribution in [0.3, 0.4) is 0 Å². The summed E-state index contributed by atoms with van der Waals surface area (Å²) in [6.45, 7) is 13.0. The molecule has 0 aromatic carbocycles. The summed E-state index contributed by atoms with van der Waals surface area (Å²) in [6, 6.07) is 1.45. The molecule has 1 aliphatic heterocycles. The Morgan fingerprint density at radius 2 is 1.76 bits per heavy atom. The first-order valence-electron chi connectivity index (χ1n) is 9.21. The van der Waals surface area contributed by atoms with Gasteiger partial charge in [0, 0.05) is 23.7 Å². The van der Waals surface area contributed by atoms with Crippen molar-refractivity contribution in [2.75, 3.05) is 6.54 Å². The highest BCUT2D eigenvalue weighted by Gasteiger charge is 2.39. The predicted octanol–water partition coefficient (Wildman–Crippen LogP) is 2.64. The van der Waals surface area contributed by atoms with Crippen LogP contribution >= 0.6 is 0 Å². The Balaban J connectivity index is 1.75. The van der Waals surface area contributed by atoms with Gasteiger partial charge in [0.15, 0.2) is 0 Å². The van der Waals surface area contributed by atoms with Gasteiger partial charge < -0.3 is 10.2 Å². The Morgan fingerprint density at radius 1 is 1.12 bits per heavy atom. The Labute approximate surface area is 149 Å². The lowest BCUT2D eigenvalue weighted by atomic mass is 10.1. The zero-order valence-corrected chi connectivity index (χ0v) is 16.2. The molecule has 138 valence electrons. The van der Waals surface area contributed by atoms with Crippen molar-refractivity contribution in [3.63, 3.8) is 0 Å². The van der Waals surface area contributed by atoms with Gasteiger partial charge in [-0.1, -0.05) is 0 Å². The minimum absolute atomic E-state index is 0.00137. The van der Waals surface area contributed by atoms with Gasteiger partial charge in [0.25, 0.3) is 5.91 Å². The molecule has 1 aliphatic carbocycles. The number of hydrogen-bond acceptors (Lipinski definition) is 3. The summed E-state index contributed by atoms with van der Waals surface area (Å²) in [6.07, 6.45) is 2.96. The fraction of sp³-hybridized carbons (Fsp3) is 0.737. The number of carbonyl (C=O) groups is 2. The summed E-state index contributed by atoms with van der Waals surface area (Å²) in [4.78, 5) is 27.1. The van der Waals surface area contributed by atoms with E-state index in [0.717, 1.165) is 18.5 Å². The maximum absolute atomic E-state index is 12.7. The van der Waals surface area contributed by atoms with Crippen molar-refractivity contribution in [3.8, 4) is 0 Å². The molecular weight excluding hydrogens is 316 g/mol. The average molecular weight is 346 g/mol. The standard InChI is InChI=1S/C19H30N4O2/c1-18(2,3)22-10-9-13(17(22)25)20-16(24)14-11-15(12-7-8-12)23(21-14)19(4,5)6/h11-13H,7-10H2,1-6H3,(H,20,24). The summed E-state index contributed by atoms with van der Waals surface area (Å²) in [5.41, 5.74) is 1.16. The smallest absolute Gasteiger partial charge is 0.272 e. The van der Waals surface area contributed by atoms with Crippen molar-refractivity contribution in [1.82, 2.24) is 20.0 Å². The summed E-state index contributed by atoms with van der Waals surface area (Å²) in [7, 11) is 0. The van der Waals surface area contributed by atoms with Gasteiger partial charge in [-0.3, -0.25) is 14.3 Å². The Morgan fingerprint density at radius 3 is 2.24 bits per heavy atom. The first-order valence-corrected chi connectivity index (χ1v) is 9.21. The highest BCUT2D eigenvalue weighted by molar-refractivity contribution is 5.97. The van der Waals surface area contributed by atoms with E-state index in [2.05, 4.69) is 31.2 Å². The van der Waals surface area contributed by atoms with Crippen LogP contribution < -0.4 is 5.32 Å². The number of hydrogen-bond donors (Lipinski definition) is 1. The lowest BCUT2D eigenvalue weighted by Crippen LogP contribution is -2.47.